The van der Waals surface area contributed by atoms with E-state index in [9.17, 15) is 19.2 Å². The summed E-state index contributed by atoms with van der Waals surface area (Å²) < 4.78 is 5.58. The fraction of sp³-hybridized carbons (Fsp3) is 0.655. The highest BCUT2D eigenvalue weighted by atomic mass is 16.8. The number of hydrogen-bond donors (Lipinski definition) is 3. The molecule has 0 unspecified atom stereocenters. The predicted octanol–water partition coefficient (Wildman–Crippen LogP) is 2.81. The lowest BCUT2D eigenvalue weighted by Crippen LogP contribution is -2.61. The molecule has 0 saturated carbocycles. The molecule has 1 aromatic carbocycles. The van der Waals surface area contributed by atoms with E-state index in [0.717, 1.165) is 28.4 Å². The smallest absolute Gasteiger partial charge is 0.344 e. The number of hydrazine groups is 1. The minimum absolute atomic E-state index is 0.0956. The van der Waals surface area contributed by atoms with Gasteiger partial charge in [-0.3, -0.25) is 14.4 Å². The lowest BCUT2D eigenvalue weighted by Gasteiger charge is -2.37. The Morgan fingerprint density at radius 3 is 2.58 bits per heavy atom. The Balaban J connectivity index is 1.60. The summed E-state index contributed by atoms with van der Waals surface area (Å²) in [5, 5.41) is 8.04. The Bertz CT molecular complexity index is 1020. The third-order valence-corrected chi connectivity index (χ3v) is 7.82. The Labute approximate surface area is 236 Å². The number of amides is 5. The average Bonchev–Trinajstić information content (AvgIpc) is 3.19. The van der Waals surface area contributed by atoms with E-state index < -0.39 is 41.6 Å². The molecule has 4 rings (SSSR count). The first-order valence-corrected chi connectivity index (χ1v) is 14.6. The van der Waals surface area contributed by atoms with Crippen LogP contribution in [0.25, 0.3) is 0 Å². The van der Waals surface area contributed by atoms with E-state index in [1.165, 1.54) is 0 Å². The molecule has 1 spiro atoms. The highest BCUT2D eigenvalue weighted by Gasteiger charge is 2.55. The van der Waals surface area contributed by atoms with Gasteiger partial charge >= 0.3 is 6.03 Å². The summed E-state index contributed by atoms with van der Waals surface area (Å²) >= 11 is 0. The number of imide groups is 1. The van der Waals surface area contributed by atoms with Crippen LogP contribution in [0.3, 0.4) is 0 Å². The predicted molar refractivity (Wildman–Crippen MR) is 147 cm³/mol. The monoisotopic (exact) mass is 557 g/mol. The molecule has 11 nitrogen and oxygen atoms in total. The van der Waals surface area contributed by atoms with Crippen molar-refractivity contribution in [3.05, 3.63) is 35.9 Å². The Morgan fingerprint density at radius 2 is 1.90 bits per heavy atom. The number of hydrogen-bond acceptors (Lipinski definition) is 7. The van der Waals surface area contributed by atoms with Crippen molar-refractivity contribution >= 4 is 23.8 Å². The zero-order valence-corrected chi connectivity index (χ0v) is 23.7. The van der Waals surface area contributed by atoms with E-state index in [4.69, 9.17) is 9.57 Å². The van der Waals surface area contributed by atoms with Crippen molar-refractivity contribution in [2.75, 3.05) is 19.7 Å². The molecule has 0 aliphatic carbocycles. The van der Waals surface area contributed by atoms with Gasteiger partial charge in [0.2, 0.25) is 5.91 Å². The van der Waals surface area contributed by atoms with Crippen LogP contribution in [-0.2, 0) is 30.4 Å². The highest BCUT2D eigenvalue weighted by molar-refractivity contribution is 6.08. The lowest BCUT2D eigenvalue weighted by molar-refractivity contribution is -0.205. The summed E-state index contributed by atoms with van der Waals surface area (Å²) in [4.78, 5) is 60.2. The number of ether oxygens (including phenoxy) is 1. The van der Waals surface area contributed by atoms with Crippen molar-refractivity contribution in [2.24, 2.45) is 5.92 Å². The van der Waals surface area contributed by atoms with E-state index in [1.807, 2.05) is 44.2 Å². The molecule has 0 radical (unpaired) electrons. The molecule has 5 amide bonds. The second-order valence-corrected chi connectivity index (χ2v) is 11.3. The Kier molecular flexibility index (Phi) is 10.5. The quantitative estimate of drug-likeness (QED) is 0.266. The van der Waals surface area contributed by atoms with Gasteiger partial charge in [0.15, 0.2) is 6.29 Å². The van der Waals surface area contributed by atoms with Gasteiger partial charge < -0.3 is 15.4 Å². The van der Waals surface area contributed by atoms with Crippen molar-refractivity contribution in [3.8, 4) is 0 Å². The molecule has 2 atom stereocenters. The summed E-state index contributed by atoms with van der Waals surface area (Å²) in [6.07, 6.45) is 4.82. The van der Waals surface area contributed by atoms with Crippen LogP contribution in [0.15, 0.2) is 30.3 Å². The van der Waals surface area contributed by atoms with E-state index in [-0.39, 0.29) is 18.8 Å². The van der Waals surface area contributed by atoms with E-state index in [2.05, 4.69) is 16.1 Å². The number of nitrogens with one attached hydrogen (secondary N) is 3. The first-order valence-electron chi connectivity index (χ1n) is 14.6. The summed E-state index contributed by atoms with van der Waals surface area (Å²) in [7, 11) is 0. The summed E-state index contributed by atoms with van der Waals surface area (Å²) in [5.74, 6) is -1.31. The average molecular weight is 558 g/mol. The molecule has 11 heteroatoms. The molecule has 3 N–H and O–H groups in total. The van der Waals surface area contributed by atoms with Gasteiger partial charge in [-0.15, -0.1) is 0 Å². The van der Waals surface area contributed by atoms with Crippen molar-refractivity contribution in [2.45, 2.75) is 95.9 Å². The number of hydroxylamine groups is 1. The van der Waals surface area contributed by atoms with Crippen LogP contribution >= 0.6 is 0 Å². The van der Waals surface area contributed by atoms with Gasteiger partial charge in [-0.25, -0.2) is 20.1 Å². The zero-order valence-electron chi connectivity index (χ0n) is 23.7. The largest absolute Gasteiger partial charge is 0.350 e. The maximum atomic E-state index is 13.8. The van der Waals surface area contributed by atoms with E-state index in [1.54, 1.807) is 0 Å². The van der Waals surface area contributed by atoms with E-state index >= 15 is 0 Å². The number of rotatable bonds is 12. The highest BCUT2D eigenvalue weighted by Crippen LogP contribution is 2.30. The number of benzene rings is 1. The SMILES string of the molecule is CC(C)CCC(=O)N([C@@H](CCCc1ccccc1)C(=O)NO[C@@H]1CCCCO1)N1C(=O)NC2(CCNCC2)C1=O. The number of aryl methyl sites for hydroxylation is 1. The van der Waals surface area contributed by atoms with Crippen molar-refractivity contribution in [1.82, 2.24) is 26.1 Å². The number of carbonyl (C=O) groups excluding carboxylic acids is 4. The third-order valence-electron chi connectivity index (χ3n) is 7.82. The zero-order chi connectivity index (χ0) is 28.5. The van der Waals surface area contributed by atoms with Crippen LogP contribution in [0.1, 0.15) is 77.2 Å². The molecule has 0 bridgehead atoms. The molecule has 220 valence electrons. The molecule has 40 heavy (non-hydrogen) atoms. The number of nitrogens with zero attached hydrogens (tertiary/aromatic N) is 2. The minimum Gasteiger partial charge on any atom is -0.350 e. The van der Waals surface area contributed by atoms with Gasteiger partial charge in [0.05, 0.1) is 0 Å². The molecule has 3 saturated heterocycles. The topological polar surface area (TPSA) is 129 Å². The van der Waals surface area contributed by atoms with Gasteiger partial charge in [-0.2, -0.15) is 5.01 Å². The van der Waals surface area contributed by atoms with E-state index in [0.29, 0.717) is 58.2 Å². The van der Waals surface area contributed by atoms with Crippen LogP contribution in [-0.4, -0.2) is 71.3 Å². The molecule has 1 aromatic rings. The first-order chi connectivity index (χ1) is 19.3. The minimum atomic E-state index is -1.13. The van der Waals surface area contributed by atoms with Crippen LogP contribution in [0.4, 0.5) is 4.79 Å². The molecule has 3 heterocycles. The maximum absolute atomic E-state index is 13.8. The second-order valence-electron chi connectivity index (χ2n) is 11.3. The van der Waals surface area contributed by atoms with Gasteiger partial charge in [-0.05, 0) is 75.9 Å². The fourth-order valence-corrected chi connectivity index (χ4v) is 5.45. The van der Waals surface area contributed by atoms with Crippen LogP contribution in [0, 0.1) is 5.92 Å². The van der Waals surface area contributed by atoms with Crippen LogP contribution < -0.4 is 16.1 Å². The molecule has 3 fully saturated rings. The summed E-state index contributed by atoms with van der Waals surface area (Å²) in [5.41, 5.74) is 2.49. The van der Waals surface area contributed by atoms with Gasteiger partial charge in [-0.1, -0.05) is 44.2 Å². The van der Waals surface area contributed by atoms with Gasteiger partial charge in [0.1, 0.15) is 11.6 Å². The summed E-state index contributed by atoms with van der Waals surface area (Å²) in [6, 6.07) is 8.04. The van der Waals surface area contributed by atoms with Crippen molar-refractivity contribution < 1.29 is 28.8 Å². The molecular formula is C29H43N5O6. The van der Waals surface area contributed by atoms with Crippen molar-refractivity contribution in [1.29, 1.82) is 0 Å². The summed E-state index contributed by atoms with van der Waals surface area (Å²) in [6.45, 7) is 5.67. The molecular weight excluding hydrogens is 514 g/mol. The lowest BCUT2D eigenvalue weighted by atomic mass is 9.88. The van der Waals surface area contributed by atoms with Gasteiger partial charge in [0.25, 0.3) is 11.8 Å². The fourth-order valence-electron chi connectivity index (χ4n) is 5.45. The Morgan fingerprint density at radius 1 is 1.15 bits per heavy atom. The number of urea groups is 1. The number of piperidine rings is 1. The van der Waals surface area contributed by atoms with Crippen molar-refractivity contribution in [3.63, 3.8) is 0 Å². The first kappa shape index (κ1) is 30.0. The van der Waals surface area contributed by atoms with Crippen LogP contribution in [0.2, 0.25) is 0 Å². The molecule has 0 aromatic heterocycles. The normalized spacial score (nSPS) is 21.4. The molecule has 3 aliphatic heterocycles. The van der Waals surface area contributed by atoms with Crippen LogP contribution in [0.5, 0.6) is 0 Å². The second kappa shape index (κ2) is 14.0. The third kappa shape index (κ3) is 7.38. The maximum Gasteiger partial charge on any atom is 0.344 e. The Hall–Kier alpha value is -3.02. The van der Waals surface area contributed by atoms with Gasteiger partial charge in [0, 0.05) is 19.4 Å². The number of carbonyl (C=O) groups is 4. The standard InChI is InChI=1S/C29H43N5O6/c1-21(2)14-15-24(35)33(34-27(37)29(31-28(34)38)16-18-30-19-17-29)23(12-8-11-22-9-4-3-5-10-22)26(36)32-40-25-13-6-7-20-39-25/h3-5,9-10,21,23,25,30H,6-8,11-20H2,1-2H3,(H,31,38)(H,32,36)/t23-,25+/m0/s1. The molecule has 3 aliphatic rings.